The molecule has 1 saturated heterocycles. The average Bonchev–Trinajstić information content (AvgIpc) is 3.15. The normalized spacial score (nSPS) is 15.6. The van der Waals surface area contributed by atoms with E-state index in [0.29, 0.717) is 36.2 Å². The Kier molecular flexibility index (Phi) is 6.51. The highest BCUT2D eigenvalue weighted by molar-refractivity contribution is 7.99. The van der Waals surface area contributed by atoms with E-state index in [-0.39, 0.29) is 16.7 Å². The van der Waals surface area contributed by atoms with Crippen molar-refractivity contribution in [1.29, 1.82) is 0 Å². The first-order valence-corrected chi connectivity index (χ1v) is 11.2. The molecule has 0 atom stereocenters. The van der Waals surface area contributed by atoms with Crippen LogP contribution in [0.2, 0.25) is 0 Å². The van der Waals surface area contributed by atoms with Gasteiger partial charge < -0.3 is 9.73 Å². The summed E-state index contributed by atoms with van der Waals surface area (Å²) in [4.78, 5) is 11.1. The van der Waals surface area contributed by atoms with Gasteiger partial charge in [0.05, 0.1) is 4.90 Å². The number of carbonyl (C=O) groups excluding carboxylic acids is 1. The second kappa shape index (κ2) is 8.85. The third kappa shape index (κ3) is 5.08. The van der Waals surface area contributed by atoms with Crippen LogP contribution in [0.3, 0.4) is 0 Å². The van der Waals surface area contributed by atoms with Crippen LogP contribution in [0.15, 0.2) is 38.8 Å². The van der Waals surface area contributed by atoms with Crippen LogP contribution in [0.25, 0.3) is 11.5 Å². The number of nitrogens with zero attached hydrogens (tertiary/aromatic N) is 3. The molecule has 10 heteroatoms. The van der Waals surface area contributed by atoms with Gasteiger partial charge in [-0.05, 0) is 31.0 Å². The molecule has 2 heterocycles. The molecule has 1 aliphatic heterocycles. The van der Waals surface area contributed by atoms with Crippen LogP contribution in [-0.4, -0.2) is 54.2 Å². The molecule has 1 aliphatic rings. The first-order valence-electron chi connectivity index (χ1n) is 8.78. The van der Waals surface area contributed by atoms with E-state index in [1.165, 1.54) is 23.0 Å². The van der Waals surface area contributed by atoms with Gasteiger partial charge in [-0.15, -0.1) is 10.2 Å². The topological polar surface area (TPSA) is 105 Å². The van der Waals surface area contributed by atoms with Gasteiger partial charge >= 0.3 is 0 Å². The summed E-state index contributed by atoms with van der Waals surface area (Å²) < 4.78 is 32.8. The maximum absolute atomic E-state index is 12.8. The van der Waals surface area contributed by atoms with Crippen LogP contribution >= 0.6 is 11.8 Å². The smallest absolute Gasteiger partial charge is 0.276 e. The van der Waals surface area contributed by atoms with Crippen molar-refractivity contribution in [1.82, 2.24) is 19.8 Å². The van der Waals surface area contributed by atoms with Crippen molar-refractivity contribution in [2.75, 3.05) is 25.4 Å². The number of benzene rings is 1. The Morgan fingerprint density at radius 1 is 1.26 bits per heavy atom. The lowest BCUT2D eigenvalue weighted by molar-refractivity contribution is -0.118. The van der Waals surface area contributed by atoms with Crippen LogP contribution in [-0.2, 0) is 14.8 Å². The van der Waals surface area contributed by atoms with Gasteiger partial charge in [-0.1, -0.05) is 24.2 Å². The van der Waals surface area contributed by atoms with Gasteiger partial charge in [0.2, 0.25) is 21.8 Å². The zero-order chi connectivity index (χ0) is 19.3. The highest BCUT2D eigenvalue weighted by atomic mass is 32.2. The molecule has 0 saturated carbocycles. The Bertz CT molecular complexity index is 892. The quantitative estimate of drug-likeness (QED) is 0.551. The fourth-order valence-corrected chi connectivity index (χ4v) is 4.97. The minimum atomic E-state index is -3.51. The fourth-order valence-electron chi connectivity index (χ4n) is 2.79. The molecule has 1 fully saturated rings. The number of aromatic nitrogens is 2. The molecular formula is C17H22N4O4S2. The van der Waals surface area contributed by atoms with Crippen LogP contribution in [0.5, 0.6) is 0 Å². The maximum atomic E-state index is 12.8. The van der Waals surface area contributed by atoms with E-state index in [9.17, 15) is 13.2 Å². The minimum absolute atomic E-state index is 0.0893. The second-order valence-corrected chi connectivity index (χ2v) is 9.18. The summed E-state index contributed by atoms with van der Waals surface area (Å²) in [6.45, 7) is 3.08. The van der Waals surface area contributed by atoms with Gasteiger partial charge in [-0.3, -0.25) is 4.79 Å². The maximum Gasteiger partial charge on any atom is 0.276 e. The van der Waals surface area contributed by atoms with Crippen LogP contribution < -0.4 is 5.32 Å². The van der Waals surface area contributed by atoms with Gasteiger partial charge in [0.1, 0.15) is 0 Å². The van der Waals surface area contributed by atoms with Gasteiger partial charge in [0, 0.05) is 37.9 Å². The monoisotopic (exact) mass is 410 g/mol. The highest BCUT2D eigenvalue weighted by Gasteiger charge is 2.26. The molecule has 3 rings (SSSR count). The molecule has 0 bridgehead atoms. The first kappa shape index (κ1) is 19.8. The van der Waals surface area contributed by atoms with E-state index >= 15 is 0 Å². The Labute approximate surface area is 162 Å². The Hall–Kier alpha value is -1.91. The number of thioether (sulfide) groups is 1. The molecule has 1 N–H and O–H groups in total. The molecule has 1 aromatic heterocycles. The third-order valence-electron chi connectivity index (χ3n) is 4.14. The molecule has 0 unspecified atom stereocenters. The molecule has 146 valence electrons. The van der Waals surface area contributed by atoms with Crippen molar-refractivity contribution >= 4 is 27.7 Å². The predicted molar refractivity (Wildman–Crippen MR) is 102 cm³/mol. The average molecular weight is 411 g/mol. The lowest BCUT2D eigenvalue weighted by Crippen LogP contribution is -2.35. The summed E-state index contributed by atoms with van der Waals surface area (Å²) in [5, 5.41) is 11.0. The van der Waals surface area contributed by atoms with E-state index < -0.39 is 10.0 Å². The molecule has 2 aromatic rings. The number of hydrogen-bond donors (Lipinski definition) is 1. The van der Waals surface area contributed by atoms with Crippen molar-refractivity contribution in [2.45, 2.75) is 36.3 Å². The largest absolute Gasteiger partial charge is 0.411 e. The molecule has 0 aliphatic carbocycles. The van der Waals surface area contributed by atoms with Crippen LogP contribution in [0, 0.1) is 0 Å². The summed E-state index contributed by atoms with van der Waals surface area (Å²) in [6.07, 6.45) is 2.85. The predicted octanol–water partition coefficient (Wildman–Crippen LogP) is 2.14. The highest BCUT2D eigenvalue weighted by Crippen LogP contribution is 2.27. The van der Waals surface area contributed by atoms with Crippen molar-refractivity contribution in [2.24, 2.45) is 0 Å². The summed E-state index contributed by atoms with van der Waals surface area (Å²) in [7, 11) is -3.51. The van der Waals surface area contributed by atoms with Crippen LogP contribution in [0.1, 0.15) is 26.2 Å². The number of amides is 1. The van der Waals surface area contributed by atoms with Gasteiger partial charge in [0.15, 0.2) is 0 Å². The summed E-state index contributed by atoms with van der Waals surface area (Å²) in [5.74, 6) is 0.784. The Morgan fingerprint density at radius 2 is 2.04 bits per heavy atom. The first-order chi connectivity index (χ1) is 13.0. The van der Waals surface area contributed by atoms with Gasteiger partial charge in [-0.2, -0.15) is 4.31 Å². The number of piperidine rings is 1. The van der Waals surface area contributed by atoms with E-state index in [1.54, 1.807) is 24.3 Å². The minimum Gasteiger partial charge on any atom is -0.411 e. The summed E-state index contributed by atoms with van der Waals surface area (Å²) >= 11 is 1.33. The number of nitrogens with one attached hydrogen (secondary N) is 1. The SMILES string of the molecule is CC(=O)NCCSc1nnc(-c2cccc(S(=O)(=O)N3CCCCC3)c2)o1. The molecule has 1 aromatic carbocycles. The summed E-state index contributed by atoms with van der Waals surface area (Å²) in [6, 6.07) is 6.59. The summed E-state index contributed by atoms with van der Waals surface area (Å²) in [5.41, 5.74) is 0.564. The lowest BCUT2D eigenvalue weighted by atomic mass is 10.2. The van der Waals surface area contributed by atoms with Crippen molar-refractivity contribution in [3.63, 3.8) is 0 Å². The number of rotatable bonds is 7. The van der Waals surface area contributed by atoms with E-state index in [1.807, 2.05) is 0 Å². The molecular weight excluding hydrogens is 388 g/mol. The standard InChI is InChI=1S/C17H22N4O4S2/c1-13(22)18-8-11-26-17-20-19-16(25-17)14-6-5-7-15(12-14)27(23,24)21-9-3-2-4-10-21/h5-7,12H,2-4,8-11H2,1H3,(H,18,22). The Morgan fingerprint density at radius 3 is 2.78 bits per heavy atom. The zero-order valence-electron chi connectivity index (χ0n) is 15.1. The second-order valence-electron chi connectivity index (χ2n) is 6.20. The Balaban J connectivity index is 1.71. The van der Waals surface area contributed by atoms with Crippen molar-refractivity contribution in [3.8, 4) is 11.5 Å². The van der Waals surface area contributed by atoms with E-state index in [4.69, 9.17) is 4.42 Å². The van der Waals surface area contributed by atoms with Gasteiger partial charge in [-0.25, -0.2) is 8.42 Å². The third-order valence-corrected chi connectivity index (χ3v) is 6.86. The molecule has 1 amide bonds. The lowest BCUT2D eigenvalue weighted by Gasteiger charge is -2.25. The van der Waals surface area contributed by atoms with E-state index in [2.05, 4.69) is 15.5 Å². The molecule has 8 nitrogen and oxygen atoms in total. The van der Waals surface area contributed by atoms with Crippen LogP contribution in [0.4, 0.5) is 0 Å². The number of carbonyl (C=O) groups is 1. The molecule has 0 radical (unpaired) electrons. The van der Waals surface area contributed by atoms with Crippen molar-refractivity contribution < 1.29 is 17.6 Å². The molecule has 0 spiro atoms. The van der Waals surface area contributed by atoms with Gasteiger partial charge in [0.25, 0.3) is 5.22 Å². The zero-order valence-corrected chi connectivity index (χ0v) is 16.7. The number of hydrogen-bond acceptors (Lipinski definition) is 7. The molecule has 27 heavy (non-hydrogen) atoms. The van der Waals surface area contributed by atoms with E-state index in [0.717, 1.165) is 19.3 Å². The number of sulfonamides is 1. The van der Waals surface area contributed by atoms with Crippen molar-refractivity contribution in [3.05, 3.63) is 24.3 Å². The fraction of sp³-hybridized carbons (Fsp3) is 0.471.